The van der Waals surface area contributed by atoms with Gasteiger partial charge in [-0.25, -0.2) is 4.39 Å². The SMILES string of the molecule is CC(=O)/C=C(/C)O.Fc1cccc2c(-c3[c-]cccc3)nccc12.[Ir]. The number of ketones is 1. The van der Waals surface area contributed by atoms with E-state index < -0.39 is 0 Å². The number of halogens is 1. The van der Waals surface area contributed by atoms with Gasteiger partial charge in [0.15, 0.2) is 5.78 Å². The summed E-state index contributed by atoms with van der Waals surface area (Å²) in [5.74, 6) is -0.283. The maximum atomic E-state index is 13.6. The van der Waals surface area contributed by atoms with Gasteiger partial charge in [-0.15, -0.1) is 35.9 Å². The summed E-state index contributed by atoms with van der Waals surface area (Å²) in [4.78, 5) is 14.3. The molecule has 0 fully saturated rings. The van der Waals surface area contributed by atoms with Crippen LogP contribution in [0.2, 0.25) is 0 Å². The number of fused-ring (bicyclic) bond motifs is 1. The second kappa shape index (κ2) is 9.82. The molecule has 0 aliphatic carbocycles. The topological polar surface area (TPSA) is 50.2 Å². The Kier molecular flexibility index (Phi) is 8.12. The monoisotopic (exact) mass is 515 g/mol. The second-order valence-electron chi connectivity index (χ2n) is 5.17. The number of allylic oxidation sites excluding steroid dienone is 2. The molecule has 1 aromatic heterocycles. The zero-order valence-electron chi connectivity index (χ0n) is 13.8. The summed E-state index contributed by atoms with van der Waals surface area (Å²) in [6, 6.07) is 17.4. The van der Waals surface area contributed by atoms with Gasteiger partial charge in [-0.05, 0) is 37.1 Å². The summed E-state index contributed by atoms with van der Waals surface area (Å²) in [5, 5.41) is 9.77. The Morgan fingerprint density at radius 2 is 1.88 bits per heavy atom. The van der Waals surface area contributed by atoms with Crippen molar-refractivity contribution in [1.29, 1.82) is 0 Å². The van der Waals surface area contributed by atoms with Crippen LogP contribution in [0.4, 0.5) is 4.39 Å². The molecule has 2 aromatic carbocycles. The number of rotatable bonds is 2. The van der Waals surface area contributed by atoms with Gasteiger partial charge in [0.2, 0.25) is 0 Å². The van der Waals surface area contributed by atoms with Crippen LogP contribution >= 0.6 is 0 Å². The molecule has 0 aliphatic rings. The molecule has 3 rings (SSSR count). The third kappa shape index (κ3) is 5.89. The molecular formula is C20H17FIrNO2-. The van der Waals surface area contributed by atoms with Crippen LogP contribution < -0.4 is 0 Å². The van der Waals surface area contributed by atoms with Gasteiger partial charge >= 0.3 is 0 Å². The van der Waals surface area contributed by atoms with E-state index in [1.54, 1.807) is 18.3 Å². The normalized spacial score (nSPS) is 10.4. The van der Waals surface area contributed by atoms with Crippen molar-refractivity contribution in [3.05, 3.63) is 78.4 Å². The minimum Gasteiger partial charge on any atom is -0.512 e. The Morgan fingerprint density at radius 1 is 1.12 bits per heavy atom. The van der Waals surface area contributed by atoms with Crippen LogP contribution in [-0.2, 0) is 24.9 Å². The second-order valence-corrected chi connectivity index (χ2v) is 5.17. The number of benzene rings is 2. The number of carbonyl (C=O) groups excluding carboxylic acids is 1. The summed E-state index contributed by atoms with van der Waals surface area (Å²) in [5.41, 5.74) is 1.64. The number of carbonyl (C=O) groups is 1. The van der Waals surface area contributed by atoms with E-state index in [4.69, 9.17) is 5.11 Å². The minimum absolute atomic E-state index is 0. The van der Waals surface area contributed by atoms with Crippen LogP contribution in [0.25, 0.3) is 22.0 Å². The van der Waals surface area contributed by atoms with E-state index in [9.17, 15) is 9.18 Å². The van der Waals surface area contributed by atoms with Crippen molar-refractivity contribution in [2.75, 3.05) is 0 Å². The van der Waals surface area contributed by atoms with Crippen molar-refractivity contribution in [2.45, 2.75) is 13.8 Å². The van der Waals surface area contributed by atoms with Gasteiger partial charge in [-0.3, -0.25) is 4.79 Å². The van der Waals surface area contributed by atoms with E-state index in [0.29, 0.717) is 5.39 Å². The molecule has 0 spiro atoms. The molecule has 0 atom stereocenters. The Hall–Kier alpha value is -2.36. The molecule has 5 heteroatoms. The molecule has 1 radical (unpaired) electrons. The standard InChI is InChI=1S/C15H9FN.C5H8O2.Ir/c16-14-8-4-7-13-12(14)9-10-17-15(13)11-5-2-1-3-6-11;1-4(6)3-5(2)7;/h1-5,7-10H;3,6H,1-2H3;/q-1;;/b;4-3-;. The number of hydrogen-bond acceptors (Lipinski definition) is 3. The van der Waals surface area contributed by atoms with Crippen molar-refractivity contribution >= 4 is 16.6 Å². The van der Waals surface area contributed by atoms with Crippen molar-refractivity contribution in [3.63, 3.8) is 0 Å². The van der Waals surface area contributed by atoms with E-state index in [0.717, 1.165) is 16.6 Å². The molecule has 3 aromatic rings. The Morgan fingerprint density at radius 3 is 2.44 bits per heavy atom. The third-order valence-electron chi connectivity index (χ3n) is 3.13. The number of pyridine rings is 1. The minimum atomic E-state index is -0.220. The fraction of sp³-hybridized carbons (Fsp3) is 0.100. The van der Waals surface area contributed by atoms with E-state index >= 15 is 0 Å². The summed E-state index contributed by atoms with van der Waals surface area (Å²) in [7, 11) is 0. The van der Waals surface area contributed by atoms with E-state index in [1.165, 1.54) is 26.0 Å². The first kappa shape index (κ1) is 20.7. The van der Waals surface area contributed by atoms with Crippen LogP contribution in [0.1, 0.15) is 13.8 Å². The number of hydrogen-bond donors (Lipinski definition) is 1. The van der Waals surface area contributed by atoms with E-state index in [2.05, 4.69) is 11.1 Å². The average molecular weight is 515 g/mol. The van der Waals surface area contributed by atoms with Gasteiger partial charge in [0.05, 0.1) is 5.76 Å². The maximum Gasteiger partial charge on any atom is 0.155 e. The molecule has 1 heterocycles. The van der Waals surface area contributed by atoms with Crippen molar-refractivity contribution in [3.8, 4) is 11.3 Å². The molecule has 0 unspecified atom stereocenters. The fourth-order valence-electron chi connectivity index (χ4n) is 2.22. The van der Waals surface area contributed by atoms with Gasteiger partial charge in [-0.1, -0.05) is 12.1 Å². The molecule has 0 amide bonds. The fourth-order valence-corrected chi connectivity index (χ4v) is 2.22. The predicted molar refractivity (Wildman–Crippen MR) is 93.0 cm³/mol. The molecule has 0 saturated heterocycles. The quantitative estimate of drug-likeness (QED) is 0.302. The molecule has 0 saturated carbocycles. The first-order valence-corrected chi connectivity index (χ1v) is 7.37. The molecule has 1 N–H and O–H groups in total. The molecule has 25 heavy (non-hydrogen) atoms. The smallest absolute Gasteiger partial charge is 0.155 e. The number of aromatic nitrogens is 1. The number of aliphatic hydroxyl groups is 1. The van der Waals surface area contributed by atoms with Gasteiger partial charge in [-0.2, -0.15) is 0 Å². The first-order valence-electron chi connectivity index (χ1n) is 7.37. The zero-order valence-corrected chi connectivity index (χ0v) is 16.2. The molecule has 0 bridgehead atoms. The first-order chi connectivity index (χ1) is 11.5. The van der Waals surface area contributed by atoms with E-state index in [1.807, 2.05) is 30.3 Å². The van der Waals surface area contributed by atoms with Gasteiger partial charge in [0, 0.05) is 37.8 Å². The molecular weight excluding hydrogens is 497 g/mol. The summed E-state index contributed by atoms with van der Waals surface area (Å²) >= 11 is 0. The number of nitrogens with zero attached hydrogens (tertiary/aromatic N) is 1. The zero-order chi connectivity index (χ0) is 17.5. The predicted octanol–water partition coefficient (Wildman–Crippen LogP) is 4.88. The average Bonchev–Trinajstić information content (AvgIpc) is 2.55. The van der Waals surface area contributed by atoms with Crippen LogP contribution in [-0.4, -0.2) is 15.9 Å². The van der Waals surface area contributed by atoms with Gasteiger partial charge in [0.1, 0.15) is 5.82 Å². The van der Waals surface area contributed by atoms with Crippen molar-refractivity contribution in [1.82, 2.24) is 4.98 Å². The maximum absolute atomic E-state index is 13.6. The largest absolute Gasteiger partial charge is 0.512 e. The van der Waals surface area contributed by atoms with Crippen LogP contribution in [0.5, 0.6) is 0 Å². The Bertz CT molecular complexity index is 875. The van der Waals surface area contributed by atoms with Crippen molar-refractivity contribution < 1.29 is 34.4 Å². The summed E-state index contributed by atoms with van der Waals surface area (Å²) < 4.78 is 13.6. The van der Waals surface area contributed by atoms with Gasteiger partial charge < -0.3 is 10.1 Å². The summed E-state index contributed by atoms with van der Waals surface area (Å²) in [6.45, 7) is 2.85. The molecule has 131 valence electrons. The van der Waals surface area contributed by atoms with Crippen molar-refractivity contribution in [2.24, 2.45) is 0 Å². The third-order valence-corrected chi connectivity index (χ3v) is 3.13. The Labute approximate surface area is 159 Å². The van der Waals surface area contributed by atoms with E-state index in [-0.39, 0.29) is 37.5 Å². The van der Waals surface area contributed by atoms with Gasteiger partial charge in [0.25, 0.3) is 0 Å². The van der Waals surface area contributed by atoms with Crippen LogP contribution in [0.15, 0.2) is 66.6 Å². The van der Waals surface area contributed by atoms with Crippen LogP contribution in [0, 0.1) is 11.9 Å². The molecule has 3 nitrogen and oxygen atoms in total. The molecule has 0 aliphatic heterocycles. The Balaban J connectivity index is 0.000000339. The summed E-state index contributed by atoms with van der Waals surface area (Å²) in [6.07, 6.45) is 2.79. The number of aliphatic hydroxyl groups excluding tert-OH is 1. The van der Waals surface area contributed by atoms with Crippen LogP contribution in [0.3, 0.4) is 0 Å².